The molecule has 0 saturated heterocycles. The zero-order chi connectivity index (χ0) is 22.7. The first kappa shape index (κ1) is 22.3. The van der Waals surface area contributed by atoms with Crippen LogP contribution in [0.4, 0.5) is 11.8 Å². The second-order valence-electron chi connectivity index (χ2n) is 9.49. The molecule has 0 unspecified atom stereocenters. The number of anilines is 2. The quantitative estimate of drug-likeness (QED) is 0.409. The molecule has 8 heteroatoms. The molecule has 1 aliphatic carbocycles. The molecule has 2 aromatic heterocycles. The van der Waals surface area contributed by atoms with E-state index in [0.717, 1.165) is 35.1 Å². The lowest BCUT2D eigenvalue weighted by molar-refractivity contribution is 0.0748. The molecule has 1 saturated carbocycles. The van der Waals surface area contributed by atoms with Gasteiger partial charge in [-0.05, 0) is 46.1 Å². The highest BCUT2D eigenvalue weighted by Gasteiger charge is 2.21. The molecule has 0 bridgehead atoms. The van der Waals surface area contributed by atoms with Gasteiger partial charge >= 0.3 is 0 Å². The van der Waals surface area contributed by atoms with Gasteiger partial charge in [0.15, 0.2) is 17.0 Å². The molecule has 0 amide bonds. The molecule has 0 radical (unpaired) electrons. The van der Waals surface area contributed by atoms with Crippen molar-refractivity contribution in [3.8, 4) is 5.75 Å². The van der Waals surface area contributed by atoms with Gasteiger partial charge in [-0.3, -0.25) is 0 Å². The first-order valence-corrected chi connectivity index (χ1v) is 11.5. The minimum atomic E-state index is -0.759. The smallest absolute Gasteiger partial charge is 0.226 e. The number of fused-ring (bicyclic) bond motifs is 1. The molecule has 0 atom stereocenters. The van der Waals surface area contributed by atoms with Gasteiger partial charge in [-0.15, -0.1) is 0 Å². The number of hydrogen-bond acceptors (Lipinski definition) is 7. The molecule has 0 spiro atoms. The number of phenols is 1. The van der Waals surface area contributed by atoms with Crippen molar-refractivity contribution in [3.05, 3.63) is 35.7 Å². The van der Waals surface area contributed by atoms with Crippen LogP contribution in [0.1, 0.15) is 69.5 Å². The lowest BCUT2D eigenvalue weighted by Crippen LogP contribution is -2.23. The van der Waals surface area contributed by atoms with E-state index in [4.69, 9.17) is 4.98 Å². The first-order chi connectivity index (χ1) is 15.3. The summed E-state index contributed by atoms with van der Waals surface area (Å²) in [7, 11) is 0. The summed E-state index contributed by atoms with van der Waals surface area (Å²) in [6.45, 7) is 6.57. The van der Waals surface area contributed by atoms with E-state index >= 15 is 0 Å². The third-order valence-corrected chi connectivity index (χ3v) is 6.09. The fourth-order valence-corrected chi connectivity index (χ4v) is 4.26. The van der Waals surface area contributed by atoms with Crippen molar-refractivity contribution in [1.29, 1.82) is 0 Å². The fraction of sp³-hybridized carbons (Fsp3) is 0.542. The van der Waals surface area contributed by atoms with E-state index in [1.54, 1.807) is 19.9 Å². The summed E-state index contributed by atoms with van der Waals surface area (Å²) in [5, 5.41) is 26.9. The van der Waals surface area contributed by atoms with Gasteiger partial charge in [-0.1, -0.05) is 37.0 Å². The first-order valence-electron chi connectivity index (χ1n) is 11.5. The van der Waals surface area contributed by atoms with Crippen LogP contribution < -0.4 is 10.6 Å². The summed E-state index contributed by atoms with van der Waals surface area (Å²) < 4.78 is 2.19. The minimum Gasteiger partial charge on any atom is -0.508 e. The second kappa shape index (κ2) is 9.32. The van der Waals surface area contributed by atoms with Gasteiger partial charge in [0.05, 0.1) is 11.9 Å². The van der Waals surface area contributed by atoms with E-state index in [1.165, 1.54) is 19.3 Å². The highest BCUT2D eigenvalue weighted by Crippen LogP contribution is 2.32. The zero-order valence-electron chi connectivity index (χ0n) is 19.2. The van der Waals surface area contributed by atoms with Gasteiger partial charge in [0.25, 0.3) is 0 Å². The number of hydrogen-bond donors (Lipinski definition) is 4. The summed E-state index contributed by atoms with van der Waals surface area (Å²) in [4.78, 5) is 14.1. The van der Waals surface area contributed by atoms with Crippen molar-refractivity contribution in [2.24, 2.45) is 0 Å². The summed E-state index contributed by atoms with van der Waals surface area (Å²) in [5.74, 6) is 1.40. The highest BCUT2D eigenvalue weighted by atomic mass is 16.3. The predicted octanol–water partition coefficient (Wildman–Crippen LogP) is 4.53. The lowest BCUT2D eigenvalue weighted by Gasteiger charge is -2.23. The Morgan fingerprint density at radius 2 is 1.91 bits per heavy atom. The maximum absolute atomic E-state index is 10.2. The summed E-state index contributed by atoms with van der Waals surface area (Å²) >= 11 is 0. The van der Waals surface area contributed by atoms with Gasteiger partial charge in [0.2, 0.25) is 5.95 Å². The van der Waals surface area contributed by atoms with Crippen molar-refractivity contribution < 1.29 is 10.2 Å². The number of aromatic hydroxyl groups is 1. The van der Waals surface area contributed by atoms with E-state index in [-0.39, 0.29) is 5.75 Å². The summed E-state index contributed by atoms with van der Waals surface area (Å²) in [5.41, 5.74) is 2.68. The summed E-state index contributed by atoms with van der Waals surface area (Å²) in [6.07, 6.45) is 8.47. The molecule has 4 N–H and O–H groups in total. The average molecular weight is 439 g/mol. The number of aliphatic hydroxyl groups is 1. The van der Waals surface area contributed by atoms with Crippen LogP contribution in [0.2, 0.25) is 0 Å². The topological polar surface area (TPSA) is 108 Å². The Hall–Kier alpha value is -2.87. The SMILES string of the molecule is Cc1ccc(O)c(CNc2nc(NCCC(C)(C)O)nc3c2ncn3C2CCCCC2)c1. The molecule has 1 aliphatic rings. The molecule has 172 valence electrons. The van der Waals surface area contributed by atoms with E-state index in [9.17, 15) is 10.2 Å². The van der Waals surface area contributed by atoms with Crippen molar-refractivity contribution in [2.75, 3.05) is 17.2 Å². The molecular weight excluding hydrogens is 404 g/mol. The predicted molar refractivity (Wildman–Crippen MR) is 127 cm³/mol. The van der Waals surface area contributed by atoms with Crippen molar-refractivity contribution >= 4 is 22.9 Å². The molecular formula is C24H34N6O2. The average Bonchev–Trinajstić information content (AvgIpc) is 3.18. The number of imidazole rings is 1. The van der Waals surface area contributed by atoms with Gasteiger partial charge < -0.3 is 25.4 Å². The van der Waals surface area contributed by atoms with Crippen LogP contribution in [0.5, 0.6) is 5.75 Å². The van der Waals surface area contributed by atoms with Crippen molar-refractivity contribution in [2.45, 2.75) is 77.5 Å². The number of aryl methyl sites for hydroxylation is 1. The number of nitrogens with one attached hydrogen (secondary N) is 2. The Morgan fingerprint density at radius 3 is 2.66 bits per heavy atom. The number of benzene rings is 1. The third-order valence-electron chi connectivity index (χ3n) is 6.09. The minimum absolute atomic E-state index is 0.254. The molecule has 1 aromatic carbocycles. The number of phenolic OH excluding ortho intramolecular Hbond substituents is 1. The second-order valence-corrected chi connectivity index (χ2v) is 9.49. The van der Waals surface area contributed by atoms with Crippen LogP contribution in [-0.4, -0.2) is 41.9 Å². The standard InChI is InChI=1S/C24H34N6O2/c1-16-9-10-19(31)17(13-16)14-26-21-20-22(29-23(28-21)25-12-11-24(2,3)32)30(15-27-20)18-7-5-4-6-8-18/h9-10,13,15,18,31-32H,4-8,11-12,14H2,1-3H3,(H2,25,26,28,29). The van der Waals surface area contributed by atoms with Gasteiger partial charge in [-0.25, -0.2) is 4.98 Å². The van der Waals surface area contributed by atoms with Gasteiger partial charge in [0, 0.05) is 24.7 Å². The fourth-order valence-electron chi connectivity index (χ4n) is 4.26. The number of rotatable bonds is 8. The molecule has 8 nitrogen and oxygen atoms in total. The van der Waals surface area contributed by atoms with Crippen molar-refractivity contribution in [1.82, 2.24) is 19.5 Å². The van der Waals surface area contributed by atoms with Gasteiger partial charge in [0.1, 0.15) is 5.75 Å². The zero-order valence-corrected chi connectivity index (χ0v) is 19.2. The normalized spacial score (nSPS) is 15.2. The van der Waals surface area contributed by atoms with E-state index in [2.05, 4.69) is 25.2 Å². The monoisotopic (exact) mass is 438 g/mol. The summed E-state index contributed by atoms with van der Waals surface area (Å²) in [6, 6.07) is 5.97. The van der Waals surface area contributed by atoms with Gasteiger partial charge in [-0.2, -0.15) is 9.97 Å². The molecule has 0 aliphatic heterocycles. The van der Waals surface area contributed by atoms with E-state index in [1.807, 2.05) is 25.4 Å². The Labute approximate surface area is 189 Å². The number of nitrogens with zero attached hydrogens (tertiary/aromatic N) is 4. The van der Waals surface area contributed by atoms with E-state index < -0.39 is 5.60 Å². The largest absolute Gasteiger partial charge is 0.508 e. The van der Waals surface area contributed by atoms with E-state index in [0.29, 0.717) is 37.3 Å². The van der Waals surface area contributed by atoms with Crippen LogP contribution in [-0.2, 0) is 6.54 Å². The lowest BCUT2D eigenvalue weighted by atomic mass is 9.95. The van der Waals surface area contributed by atoms with Crippen LogP contribution >= 0.6 is 0 Å². The highest BCUT2D eigenvalue weighted by molar-refractivity contribution is 5.84. The molecule has 4 rings (SSSR count). The maximum atomic E-state index is 10.2. The Bertz CT molecular complexity index is 1070. The van der Waals surface area contributed by atoms with Crippen LogP contribution in [0.15, 0.2) is 24.5 Å². The third kappa shape index (κ3) is 5.30. The van der Waals surface area contributed by atoms with Crippen LogP contribution in [0.25, 0.3) is 11.2 Å². The van der Waals surface area contributed by atoms with Crippen LogP contribution in [0, 0.1) is 6.92 Å². The van der Waals surface area contributed by atoms with Crippen molar-refractivity contribution in [3.63, 3.8) is 0 Å². The van der Waals surface area contributed by atoms with Crippen LogP contribution in [0.3, 0.4) is 0 Å². The maximum Gasteiger partial charge on any atom is 0.226 e. The molecule has 1 fully saturated rings. The molecule has 32 heavy (non-hydrogen) atoms. The Kier molecular flexibility index (Phi) is 6.50. The molecule has 2 heterocycles. The Morgan fingerprint density at radius 1 is 1.12 bits per heavy atom. The molecule has 3 aromatic rings. The number of aromatic nitrogens is 4. The Balaban J connectivity index is 1.64.